The van der Waals surface area contributed by atoms with Crippen molar-refractivity contribution in [1.29, 1.82) is 0 Å². The van der Waals surface area contributed by atoms with Crippen LogP contribution in [0.5, 0.6) is 0 Å². The van der Waals surface area contributed by atoms with E-state index in [1.165, 1.54) is 71.8 Å². The molecule has 0 amide bonds. The van der Waals surface area contributed by atoms with E-state index in [9.17, 15) is 0 Å². The number of nitrogens with zero attached hydrogens (tertiary/aromatic N) is 1. The van der Waals surface area contributed by atoms with Crippen molar-refractivity contribution in [3.8, 4) is 0 Å². The van der Waals surface area contributed by atoms with Crippen LogP contribution in [-0.2, 0) is 27.7 Å². The molecule has 2 aromatic rings. The summed E-state index contributed by atoms with van der Waals surface area (Å²) in [4.78, 5) is 0. The molecule has 1 aliphatic carbocycles. The first-order valence-corrected chi connectivity index (χ1v) is 16.5. The van der Waals surface area contributed by atoms with Crippen molar-refractivity contribution in [2.75, 3.05) is 19.7 Å². The Balaban J connectivity index is 1.60. The molecule has 0 unspecified atom stereocenters. The first-order chi connectivity index (χ1) is 18.8. The second kappa shape index (κ2) is 10.6. The SMILES string of the molecule is CCCCCCO[C@]1(c2ccccc2)C[N@+]2(Cc3cc(C(C)(C)C)cc(C(C)(C)C)c3)C[C@@H](C)[C@@H]3CC[C@H]1[C@@]32C. The monoisotopic (exact) mass is 544 g/mol. The van der Waals surface area contributed by atoms with E-state index in [1.54, 1.807) is 0 Å². The molecule has 0 radical (unpaired) electrons. The van der Waals surface area contributed by atoms with Crippen molar-refractivity contribution in [3.05, 3.63) is 70.8 Å². The fourth-order valence-corrected chi connectivity index (χ4v) is 9.42. The van der Waals surface area contributed by atoms with Crippen LogP contribution in [0.2, 0.25) is 0 Å². The number of hydrogen-bond donors (Lipinski definition) is 0. The van der Waals surface area contributed by atoms with E-state index >= 15 is 0 Å². The molecule has 0 spiro atoms. The van der Waals surface area contributed by atoms with Gasteiger partial charge in [-0.05, 0) is 65.8 Å². The average molecular weight is 545 g/mol. The molecule has 1 saturated carbocycles. The van der Waals surface area contributed by atoms with E-state index in [0.717, 1.165) is 31.5 Å². The van der Waals surface area contributed by atoms with Gasteiger partial charge in [0.2, 0.25) is 0 Å². The van der Waals surface area contributed by atoms with Gasteiger partial charge in [0.25, 0.3) is 0 Å². The number of quaternary nitrogens is 1. The molecule has 220 valence electrons. The maximum absolute atomic E-state index is 7.29. The van der Waals surface area contributed by atoms with Gasteiger partial charge in [-0.2, -0.15) is 0 Å². The van der Waals surface area contributed by atoms with Gasteiger partial charge in [-0.25, -0.2) is 0 Å². The zero-order chi connectivity index (χ0) is 29.0. The van der Waals surface area contributed by atoms with E-state index in [0.29, 0.717) is 5.92 Å². The topological polar surface area (TPSA) is 9.23 Å². The summed E-state index contributed by atoms with van der Waals surface area (Å²) in [5, 5.41) is 0. The second-order valence-corrected chi connectivity index (χ2v) is 16.2. The molecule has 2 aliphatic heterocycles. The van der Waals surface area contributed by atoms with Crippen LogP contribution in [-0.4, -0.2) is 29.7 Å². The van der Waals surface area contributed by atoms with Gasteiger partial charge in [-0.15, -0.1) is 0 Å². The predicted octanol–water partition coefficient (Wildman–Crippen LogP) is 9.54. The Morgan fingerprint density at radius 2 is 1.52 bits per heavy atom. The van der Waals surface area contributed by atoms with Gasteiger partial charge in [0.05, 0.1) is 12.5 Å². The third kappa shape index (κ3) is 4.90. The van der Waals surface area contributed by atoms with Crippen LogP contribution in [0.3, 0.4) is 0 Å². The highest BCUT2D eigenvalue weighted by Crippen LogP contribution is 2.68. The molecule has 2 saturated heterocycles. The Labute approximate surface area is 246 Å². The zero-order valence-corrected chi connectivity index (χ0v) is 27.3. The third-order valence-electron chi connectivity index (χ3n) is 11.5. The molecule has 0 aromatic heterocycles. The molecular formula is C38H58NO+. The molecule has 5 rings (SSSR count). The molecule has 6 atom stereocenters. The largest absolute Gasteiger partial charge is 0.364 e. The lowest BCUT2D eigenvalue weighted by molar-refractivity contribution is -0.968. The summed E-state index contributed by atoms with van der Waals surface area (Å²) in [6.07, 6.45) is 7.68. The summed E-state index contributed by atoms with van der Waals surface area (Å²) >= 11 is 0. The van der Waals surface area contributed by atoms with Gasteiger partial charge in [0.15, 0.2) is 5.60 Å². The number of ether oxygens (including phenoxy) is 1. The summed E-state index contributed by atoms with van der Waals surface area (Å²) in [6, 6.07) is 19.0. The van der Waals surface area contributed by atoms with Gasteiger partial charge in [0, 0.05) is 24.0 Å². The van der Waals surface area contributed by atoms with Crippen LogP contribution >= 0.6 is 0 Å². The van der Waals surface area contributed by atoms with Crippen molar-refractivity contribution in [1.82, 2.24) is 0 Å². The minimum absolute atomic E-state index is 0.136. The van der Waals surface area contributed by atoms with Crippen molar-refractivity contribution in [2.45, 2.75) is 129 Å². The molecule has 2 nitrogen and oxygen atoms in total. The van der Waals surface area contributed by atoms with E-state index < -0.39 is 0 Å². The lowest BCUT2D eigenvalue weighted by Crippen LogP contribution is -2.57. The zero-order valence-electron chi connectivity index (χ0n) is 27.3. The van der Waals surface area contributed by atoms with Crippen molar-refractivity contribution in [2.24, 2.45) is 17.8 Å². The Hall–Kier alpha value is -1.64. The Kier molecular flexibility index (Phi) is 7.88. The summed E-state index contributed by atoms with van der Waals surface area (Å²) in [5.74, 6) is 2.11. The highest BCUT2D eigenvalue weighted by Gasteiger charge is 2.78. The number of hydrogen-bond acceptors (Lipinski definition) is 1. The summed E-state index contributed by atoms with van der Waals surface area (Å²) < 4.78 is 8.48. The van der Waals surface area contributed by atoms with Gasteiger partial charge < -0.3 is 9.22 Å². The average Bonchev–Trinajstić information content (AvgIpc) is 3.43. The van der Waals surface area contributed by atoms with Crippen molar-refractivity contribution in [3.63, 3.8) is 0 Å². The molecule has 0 N–H and O–H groups in total. The fraction of sp³-hybridized carbons (Fsp3) is 0.684. The highest BCUT2D eigenvalue weighted by atomic mass is 16.5. The van der Waals surface area contributed by atoms with E-state index in [-0.39, 0.29) is 22.0 Å². The van der Waals surface area contributed by atoms with Crippen molar-refractivity contribution < 1.29 is 9.22 Å². The third-order valence-corrected chi connectivity index (χ3v) is 11.5. The van der Waals surface area contributed by atoms with Crippen molar-refractivity contribution >= 4 is 0 Å². The molecule has 2 heteroatoms. The lowest BCUT2D eigenvalue weighted by atomic mass is 9.73. The van der Waals surface area contributed by atoms with Crippen LogP contribution < -0.4 is 0 Å². The molecule has 2 heterocycles. The smallest absolute Gasteiger partial charge is 0.150 e. The minimum atomic E-state index is -0.189. The number of rotatable bonds is 9. The summed E-state index contributed by atoms with van der Waals surface area (Å²) in [5.41, 5.74) is 6.24. The molecule has 3 aliphatic rings. The van der Waals surface area contributed by atoms with Crippen LogP contribution in [0.1, 0.15) is 123 Å². The standard InChI is InChI=1S/C38H58NO/c1-10-11-12-16-21-40-38(30-17-14-13-15-18-30)27-39(25-28(2)33-19-20-34(38)37(33,39)9)26-29-22-31(35(3,4)5)24-32(23-29)36(6,7)8/h13-15,17-18,22-24,28,33-34H,10-12,16,19-21,25-27H2,1-9H3/q+1/t28-,33+,34+,37-,38+,39-/m1/s1. The van der Waals surface area contributed by atoms with Crippen LogP contribution in [0.4, 0.5) is 0 Å². The summed E-state index contributed by atoms with van der Waals surface area (Å²) in [7, 11) is 0. The number of benzene rings is 2. The maximum atomic E-state index is 7.29. The molecule has 3 fully saturated rings. The molecule has 0 bridgehead atoms. The van der Waals surface area contributed by atoms with Gasteiger partial charge in [0.1, 0.15) is 18.6 Å². The van der Waals surface area contributed by atoms with Gasteiger partial charge in [-0.1, -0.05) is 111 Å². The first kappa shape index (κ1) is 29.8. The quantitative estimate of drug-likeness (QED) is 0.226. The first-order valence-electron chi connectivity index (χ1n) is 16.5. The van der Waals surface area contributed by atoms with E-state index in [4.69, 9.17) is 4.74 Å². The Morgan fingerprint density at radius 3 is 2.12 bits per heavy atom. The van der Waals surface area contributed by atoms with Gasteiger partial charge in [-0.3, -0.25) is 0 Å². The van der Waals surface area contributed by atoms with Gasteiger partial charge >= 0.3 is 0 Å². The molecular weight excluding hydrogens is 486 g/mol. The minimum Gasteiger partial charge on any atom is -0.364 e. The van der Waals surface area contributed by atoms with E-state index in [1.807, 2.05) is 0 Å². The Bertz CT molecular complexity index is 1140. The predicted molar refractivity (Wildman–Crippen MR) is 170 cm³/mol. The Morgan fingerprint density at radius 1 is 0.875 bits per heavy atom. The lowest BCUT2D eigenvalue weighted by Gasteiger charge is -2.44. The highest BCUT2D eigenvalue weighted by molar-refractivity contribution is 5.38. The fourth-order valence-electron chi connectivity index (χ4n) is 9.42. The normalized spacial score (nSPS) is 33.5. The van der Waals surface area contributed by atoms with Crippen LogP contribution in [0, 0.1) is 17.8 Å². The van der Waals surface area contributed by atoms with Crippen LogP contribution in [0.15, 0.2) is 48.5 Å². The van der Waals surface area contributed by atoms with E-state index in [2.05, 4.69) is 111 Å². The number of unbranched alkanes of at least 4 members (excludes halogenated alkanes) is 3. The van der Waals surface area contributed by atoms with Crippen LogP contribution in [0.25, 0.3) is 0 Å². The second-order valence-electron chi connectivity index (χ2n) is 16.2. The molecule has 2 aromatic carbocycles. The summed E-state index contributed by atoms with van der Waals surface area (Å²) in [6.45, 7) is 26.1. The molecule has 40 heavy (non-hydrogen) atoms. The maximum Gasteiger partial charge on any atom is 0.150 e.